The lowest BCUT2D eigenvalue weighted by atomic mass is 9.87. The van der Waals surface area contributed by atoms with Gasteiger partial charge in [-0.3, -0.25) is 4.79 Å². The first kappa shape index (κ1) is 20.1. The Kier molecular flexibility index (Phi) is 5.44. The number of carbonyl (C=O) groups is 1. The van der Waals surface area contributed by atoms with Gasteiger partial charge in [-0.05, 0) is 56.7 Å². The summed E-state index contributed by atoms with van der Waals surface area (Å²) in [6.45, 7) is 2.16. The largest absolute Gasteiger partial charge is 0.481 e. The third-order valence-corrected chi connectivity index (χ3v) is 6.59. The lowest BCUT2D eigenvalue weighted by Crippen LogP contribution is -2.28. The maximum atomic E-state index is 11.1. The van der Waals surface area contributed by atoms with Crippen molar-refractivity contribution in [2.75, 3.05) is 18.0 Å². The van der Waals surface area contributed by atoms with Gasteiger partial charge >= 0.3 is 5.97 Å². The number of aliphatic carboxylic acids is 1. The van der Waals surface area contributed by atoms with Crippen LogP contribution in [0.3, 0.4) is 0 Å². The minimum atomic E-state index is -0.720. The summed E-state index contributed by atoms with van der Waals surface area (Å²) in [5, 5.41) is 9.71. The number of carboxylic acids is 1. The Bertz CT molecular complexity index is 1100. The van der Waals surface area contributed by atoms with Crippen LogP contribution in [-0.4, -0.2) is 45.2 Å². The summed E-state index contributed by atoms with van der Waals surface area (Å²) >= 11 is 6.58. The number of benzene rings is 1. The normalized spacial score (nSPS) is 21.5. The van der Waals surface area contributed by atoms with Crippen LogP contribution < -0.4 is 9.64 Å². The SMILES string of the molecule is O=C(O)C1CCC(Oc2nc3nc(-c4cccc(N5CCCC5)c4)c(Cl)cc3[nH]2)CC1. The first-order valence-electron chi connectivity index (χ1n) is 10.9. The molecular weight excluding hydrogens is 416 g/mol. The molecule has 0 radical (unpaired) electrons. The highest BCUT2D eigenvalue weighted by Gasteiger charge is 2.27. The highest BCUT2D eigenvalue weighted by Crippen LogP contribution is 2.33. The van der Waals surface area contributed by atoms with E-state index in [1.165, 1.54) is 18.5 Å². The number of carboxylic acid groups (broad SMARTS) is 1. The number of nitrogens with zero attached hydrogens (tertiary/aromatic N) is 3. The second-order valence-electron chi connectivity index (χ2n) is 8.41. The summed E-state index contributed by atoms with van der Waals surface area (Å²) in [7, 11) is 0. The van der Waals surface area contributed by atoms with Gasteiger partial charge in [-0.15, -0.1) is 0 Å². The maximum absolute atomic E-state index is 11.1. The molecule has 1 saturated heterocycles. The Labute approximate surface area is 185 Å². The van der Waals surface area contributed by atoms with Crippen molar-refractivity contribution in [1.29, 1.82) is 0 Å². The number of nitrogens with one attached hydrogen (secondary N) is 1. The van der Waals surface area contributed by atoms with E-state index in [1.807, 2.05) is 18.2 Å². The van der Waals surface area contributed by atoms with Gasteiger partial charge in [0.15, 0.2) is 5.65 Å². The third-order valence-electron chi connectivity index (χ3n) is 6.30. The molecule has 2 N–H and O–H groups in total. The van der Waals surface area contributed by atoms with E-state index >= 15 is 0 Å². The predicted molar refractivity (Wildman–Crippen MR) is 120 cm³/mol. The van der Waals surface area contributed by atoms with Gasteiger partial charge in [0.05, 0.1) is 22.2 Å². The number of anilines is 1. The molecule has 3 heterocycles. The molecule has 8 heteroatoms. The van der Waals surface area contributed by atoms with Crippen molar-refractivity contribution in [3.8, 4) is 17.3 Å². The van der Waals surface area contributed by atoms with E-state index in [0.717, 1.165) is 24.2 Å². The first-order valence-corrected chi connectivity index (χ1v) is 11.3. The highest BCUT2D eigenvalue weighted by atomic mass is 35.5. The molecule has 7 nitrogen and oxygen atoms in total. The molecule has 2 aromatic heterocycles. The van der Waals surface area contributed by atoms with Gasteiger partial charge in [0, 0.05) is 24.3 Å². The van der Waals surface area contributed by atoms with Gasteiger partial charge in [0.2, 0.25) is 0 Å². The minimum absolute atomic E-state index is 0.0387. The molecule has 0 spiro atoms. The molecule has 1 aliphatic carbocycles. The number of imidazole rings is 1. The quantitative estimate of drug-likeness (QED) is 0.586. The summed E-state index contributed by atoms with van der Waals surface area (Å²) in [5.74, 6) is -0.989. The first-order chi connectivity index (χ1) is 15.1. The fourth-order valence-corrected chi connectivity index (χ4v) is 4.83. The number of halogens is 1. The maximum Gasteiger partial charge on any atom is 0.306 e. The van der Waals surface area contributed by atoms with Gasteiger partial charge in [0.25, 0.3) is 6.01 Å². The Morgan fingerprint density at radius 1 is 1.13 bits per heavy atom. The molecule has 1 aliphatic heterocycles. The zero-order valence-corrected chi connectivity index (χ0v) is 17.9. The highest BCUT2D eigenvalue weighted by molar-refractivity contribution is 6.33. The Balaban J connectivity index is 1.36. The van der Waals surface area contributed by atoms with Crippen LogP contribution in [0.4, 0.5) is 5.69 Å². The number of H-pyrrole nitrogens is 1. The fraction of sp³-hybridized carbons (Fsp3) is 0.435. The van der Waals surface area contributed by atoms with E-state index in [-0.39, 0.29) is 12.0 Å². The molecule has 0 amide bonds. The number of hydrogen-bond donors (Lipinski definition) is 2. The zero-order chi connectivity index (χ0) is 21.4. The van der Waals surface area contributed by atoms with Crippen LogP contribution in [0.25, 0.3) is 22.4 Å². The predicted octanol–water partition coefficient (Wildman–Crippen LogP) is 4.90. The Morgan fingerprint density at radius 3 is 2.65 bits per heavy atom. The van der Waals surface area contributed by atoms with Gasteiger partial charge in [-0.2, -0.15) is 4.98 Å². The summed E-state index contributed by atoms with van der Waals surface area (Å²) in [5.41, 5.74) is 4.14. The summed E-state index contributed by atoms with van der Waals surface area (Å²) in [6.07, 6.45) is 5.08. The Hall–Kier alpha value is -2.80. The number of fused-ring (bicyclic) bond motifs is 1. The van der Waals surface area contributed by atoms with Crippen LogP contribution in [0.15, 0.2) is 30.3 Å². The molecule has 1 saturated carbocycles. The number of aromatic amines is 1. The average molecular weight is 441 g/mol. The van der Waals surface area contributed by atoms with Crippen molar-refractivity contribution in [2.24, 2.45) is 5.92 Å². The van der Waals surface area contributed by atoms with Crippen LogP contribution >= 0.6 is 11.6 Å². The van der Waals surface area contributed by atoms with Crippen molar-refractivity contribution < 1.29 is 14.6 Å². The molecule has 3 aromatic rings. The lowest BCUT2D eigenvalue weighted by Gasteiger charge is -2.25. The van der Waals surface area contributed by atoms with E-state index in [9.17, 15) is 4.79 Å². The van der Waals surface area contributed by atoms with E-state index in [4.69, 9.17) is 26.4 Å². The second-order valence-corrected chi connectivity index (χ2v) is 8.81. The van der Waals surface area contributed by atoms with Crippen LogP contribution in [-0.2, 0) is 4.79 Å². The molecule has 162 valence electrons. The molecule has 0 unspecified atom stereocenters. The molecule has 0 atom stereocenters. The minimum Gasteiger partial charge on any atom is -0.481 e. The average Bonchev–Trinajstić information content (AvgIpc) is 3.43. The molecule has 0 bridgehead atoms. The molecule has 1 aromatic carbocycles. The molecule has 2 aliphatic rings. The van der Waals surface area contributed by atoms with Gasteiger partial charge in [-0.25, -0.2) is 4.98 Å². The van der Waals surface area contributed by atoms with Crippen LogP contribution in [0.5, 0.6) is 6.01 Å². The van der Waals surface area contributed by atoms with Crippen LogP contribution in [0, 0.1) is 5.92 Å². The second kappa shape index (κ2) is 8.38. The standard InChI is InChI=1S/C23H25ClN4O3/c24-18-13-19-21(27-23(25-19)31-17-8-6-14(7-9-17)22(29)30)26-20(18)15-4-3-5-16(12-15)28-10-1-2-11-28/h3-5,12-14,17H,1-2,6-11H2,(H,29,30)(H,25,26,27). The van der Waals surface area contributed by atoms with Crippen molar-refractivity contribution in [1.82, 2.24) is 15.0 Å². The third kappa shape index (κ3) is 4.19. The summed E-state index contributed by atoms with van der Waals surface area (Å²) in [6, 6.07) is 10.6. The van der Waals surface area contributed by atoms with E-state index < -0.39 is 5.97 Å². The van der Waals surface area contributed by atoms with Crippen LogP contribution in [0.1, 0.15) is 38.5 Å². The number of rotatable bonds is 5. The summed E-state index contributed by atoms with van der Waals surface area (Å²) < 4.78 is 5.99. The van der Waals surface area contributed by atoms with Crippen molar-refractivity contribution in [3.63, 3.8) is 0 Å². The van der Waals surface area contributed by atoms with E-state index in [2.05, 4.69) is 27.0 Å². The van der Waals surface area contributed by atoms with E-state index in [0.29, 0.717) is 48.1 Å². The summed E-state index contributed by atoms with van der Waals surface area (Å²) in [4.78, 5) is 25.9. The number of hydrogen-bond acceptors (Lipinski definition) is 5. The number of aromatic nitrogens is 3. The zero-order valence-electron chi connectivity index (χ0n) is 17.2. The topological polar surface area (TPSA) is 91.3 Å². The number of ether oxygens (including phenoxy) is 1. The smallest absolute Gasteiger partial charge is 0.306 e. The van der Waals surface area contributed by atoms with E-state index in [1.54, 1.807) is 0 Å². The van der Waals surface area contributed by atoms with Gasteiger partial charge in [-0.1, -0.05) is 23.7 Å². The molecule has 31 heavy (non-hydrogen) atoms. The molecular formula is C23H25ClN4O3. The van der Waals surface area contributed by atoms with Crippen molar-refractivity contribution in [2.45, 2.75) is 44.6 Å². The van der Waals surface area contributed by atoms with Gasteiger partial charge in [0.1, 0.15) is 6.10 Å². The molecule has 5 rings (SSSR count). The fourth-order valence-electron chi connectivity index (χ4n) is 4.56. The number of pyridine rings is 1. The monoisotopic (exact) mass is 440 g/mol. The Morgan fingerprint density at radius 2 is 1.90 bits per heavy atom. The molecule has 2 fully saturated rings. The van der Waals surface area contributed by atoms with Crippen molar-refractivity contribution in [3.05, 3.63) is 35.4 Å². The van der Waals surface area contributed by atoms with Crippen molar-refractivity contribution >= 4 is 34.4 Å². The van der Waals surface area contributed by atoms with Crippen LogP contribution in [0.2, 0.25) is 5.02 Å². The van der Waals surface area contributed by atoms with Gasteiger partial charge < -0.3 is 19.7 Å². The lowest BCUT2D eigenvalue weighted by molar-refractivity contribution is -0.143.